The SMILES string of the molecule is CC1ON=C(CNC(=O)c2ccnc(N3CCN(Cc4ccc(F)c(F)c4)C3=O)c2)C1C. The summed E-state index contributed by atoms with van der Waals surface area (Å²) in [6, 6.07) is 6.36. The van der Waals surface area contributed by atoms with Gasteiger partial charge < -0.3 is 15.1 Å². The Morgan fingerprint density at radius 1 is 1.19 bits per heavy atom. The Hall–Kier alpha value is -3.56. The number of aromatic nitrogens is 1. The van der Waals surface area contributed by atoms with Crippen molar-refractivity contribution in [2.75, 3.05) is 24.5 Å². The van der Waals surface area contributed by atoms with Gasteiger partial charge in [0.1, 0.15) is 11.9 Å². The van der Waals surface area contributed by atoms with Gasteiger partial charge in [0.15, 0.2) is 11.6 Å². The minimum atomic E-state index is -0.953. The van der Waals surface area contributed by atoms with Crippen molar-refractivity contribution >= 4 is 23.5 Å². The van der Waals surface area contributed by atoms with Crippen LogP contribution in [-0.2, 0) is 11.4 Å². The van der Waals surface area contributed by atoms with E-state index in [0.29, 0.717) is 30.0 Å². The molecule has 1 saturated heterocycles. The molecular formula is C22H23F2N5O3. The molecule has 1 fully saturated rings. The maximum absolute atomic E-state index is 13.5. The third-order valence-electron chi connectivity index (χ3n) is 5.73. The Kier molecular flexibility index (Phi) is 6.02. The van der Waals surface area contributed by atoms with E-state index >= 15 is 0 Å². The van der Waals surface area contributed by atoms with Gasteiger partial charge in [-0.25, -0.2) is 18.6 Å². The fraction of sp³-hybridized carbons (Fsp3) is 0.364. The number of hydrogen-bond donors (Lipinski definition) is 1. The normalized spacial score (nSPS) is 20.4. The fourth-order valence-electron chi connectivity index (χ4n) is 3.57. The van der Waals surface area contributed by atoms with Crippen LogP contribution in [0.2, 0.25) is 0 Å². The number of urea groups is 1. The molecule has 0 radical (unpaired) electrons. The average molecular weight is 443 g/mol. The van der Waals surface area contributed by atoms with E-state index in [1.807, 2.05) is 13.8 Å². The van der Waals surface area contributed by atoms with E-state index in [-0.39, 0.29) is 37.0 Å². The Bertz CT molecular complexity index is 1080. The first-order chi connectivity index (χ1) is 15.3. The van der Waals surface area contributed by atoms with Crippen LogP contribution in [0.5, 0.6) is 0 Å². The molecule has 2 atom stereocenters. The summed E-state index contributed by atoms with van der Waals surface area (Å²) in [6.07, 6.45) is 1.45. The highest BCUT2D eigenvalue weighted by atomic mass is 19.2. The predicted octanol–water partition coefficient (Wildman–Crippen LogP) is 2.94. The molecule has 1 N–H and O–H groups in total. The van der Waals surface area contributed by atoms with Crippen molar-refractivity contribution in [3.8, 4) is 0 Å². The van der Waals surface area contributed by atoms with Gasteiger partial charge in [0.05, 0.1) is 12.3 Å². The van der Waals surface area contributed by atoms with Crippen LogP contribution in [0.1, 0.15) is 29.8 Å². The van der Waals surface area contributed by atoms with Gasteiger partial charge in [0, 0.05) is 37.3 Å². The summed E-state index contributed by atoms with van der Waals surface area (Å²) in [6.45, 7) is 5.08. The van der Waals surface area contributed by atoms with E-state index in [0.717, 1.165) is 17.8 Å². The maximum atomic E-state index is 13.5. The highest BCUT2D eigenvalue weighted by Crippen LogP contribution is 2.22. The summed E-state index contributed by atoms with van der Waals surface area (Å²) >= 11 is 0. The highest BCUT2D eigenvalue weighted by molar-refractivity contribution is 6.00. The number of nitrogens with one attached hydrogen (secondary N) is 1. The van der Waals surface area contributed by atoms with Crippen LogP contribution in [-0.4, -0.2) is 53.3 Å². The number of carbonyl (C=O) groups is 2. The number of nitrogens with zero attached hydrogens (tertiary/aromatic N) is 4. The lowest BCUT2D eigenvalue weighted by molar-refractivity contribution is 0.0799. The quantitative estimate of drug-likeness (QED) is 0.744. The van der Waals surface area contributed by atoms with Gasteiger partial charge >= 0.3 is 6.03 Å². The molecule has 3 heterocycles. The Balaban J connectivity index is 1.40. The summed E-state index contributed by atoms with van der Waals surface area (Å²) in [5.74, 6) is -1.73. The van der Waals surface area contributed by atoms with Gasteiger partial charge in [-0.1, -0.05) is 18.1 Å². The summed E-state index contributed by atoms with van der Waals surface area (Å²) in [4.78, 5) is 37.8. The number of hydrogen-bond acceptors (Lipinski definition) is 5. The Labute approximate surface area is 183 Å². The summed E-state index contributed by atoms with van der Waals surface area (Å²) in [5.41, 5.74) is 1.62. The van der Waals surface area contributed by atoms with Crippen molar-refractivity contribution in [3.63, 3.8) is 0 Å². The summed E-state index contributed by atoms with van der Waals surface area (Å²) in [5, 5.41) is 6.81. The monoisotopic (exact) mass is 443 g/mol. The van der Waals surface area contributed by atoms with Gasteiger partial charge in [0.25, 0.3) is 5.91 Å². The van der Waals surface area contributed by atoms with Crippen molar-refractivity contribution in [1.82, 2.24) is 15.2 Å². The molecule has 4 rings (SSSR count). The molecule has 2 unspecified atom stereocenters. The topological polar surface area (TPSA) is 87.1 Å². The number of carbonyl (C=O) groups excluding carboxylic acids is 2. The van der Waals surface area contributed by atoms with Gasteiger partial charge in [0.2, 0.25) is 0 Å². The minimum Gasteiger partial charge on any atom is -0.392 e. The second kappa shape index (κ2) is 8.89. The van der Waals surface area contributed by atoms with Crippen LogP contribution < -0.4 is 10.2 Å². The third-order valence-corrected chi connectivity index (χ3v) is 5.73. The molecule has 168 valence electrons. The number of anilines is 1. The van der Waals surface area contributed by atoms with E-state index in [4.69, 9.17) is 4.84 Å². The highest BCUT2D eigenvalue weighted by Gasteiger charge is 2.31. The lowest BCUT2D eigenvalue weighted by atomic mass is 10.0. The van der Waals surface area contributed by atoms with E-state index < -0.39 is 11.6 Å². The second-order valence-corrected chi connectivity index (χ2v) is 7.87. The van der Waals surface area contributed by atoms with Gasteiger partial charge in [-0.3, -0.25) is 9.69 Å². The van der Waals surface area contributed by atoms with E-state index in [1.54, 1.807) is 12.1 Å². The van der Waals surface area contributed by atoms with Crippen LogP contribution >= 0.6 is 0 Å². The number of amides is 3. The van der Waals surface area contributed by atoms with Crippen LogP contribution in [0, 0.1) is 17.6 Å². The van der Waals surface area contributed by atoms with Crippen molar-refractivity contribution < 1.29 is 23.2 Å². The van der Waals surface area contributed by atoms with Gasteiger partial charge in [-0.15, -0.1) is 0 Å². The Morgan fingerprint density at radius 2 is 2.00 bits per heavy atom. The van der Waals surface area contributed by atoms with E-state index in [2.05, 4.69) is 15.5 Å². The molecule has 0 saturated carbocycles. The number of pyridine rings is 1. The van der Waals surface area contributed by atoms with Crippen molar-refractivity contribution in [2.24, 2.45) is 11.1 Å². The average Bonchev–Trinajstić information content (AvgIpc) is 3.31. The van der Waals surface area contributed by atoms with E-state index in [1.165, 1.54) is 22.1 Å². The van der Waals surface area contributed by atoms with Gasteiger partial charge in [-0.2, -0.15) is 0 Å². The molecule has 8 nitrogen and oxygen atoms in total. The van der Waals surface area contributed by atoms with Crippen LogP contribution in [0.25, 0.3) is 0 Å². The first-order valence-electron chi connectivity index (χ1n) is 10.3. The Morgan fingerprint density at radius 3 is 2.72 bits per heavy atom. The maximum Gasteiger partial charge on any atom is 0.326 e. The number of rotatable bonds is 6. The zero-order valence-corrected chi connectivity index (χ0v) is 17.7. The zero-order valence-electron chi connectivity index (χ0n) is 17.7. The molecule has 1 aromatic carbocycles. The molecule has 10 heteroatoms. The molecule has 3 amide bonds. The molecule has 2 aliphatic rings. The van der Waals surface area contributed by atoms with Gasteiger partial charge in [-0.05, 0) is 36.8 Å². The number of halogens is 2. The number of benzene rings is 1. The first-order valence-corrected chi connectivity index (χ1v) is 10.3. The smallest absolute Gasteiger partial charge is 0.326 e. The molecule has 2 aromatic rings. The summed E-state index contributed by atoms with van der Waals surface area (Å²) < 4.78 is 26.6. The van der Waals surface area contributed by atoms with E-state index in [9.17, 15) is 18.4 Å². The van der Waals surface area contributed by atoms with Crippen molar-refractivity contribution in [3.05, 3.63) is 59.3 Å². The number of oxime groups is 1. The standard InChI is InChI=1S/C22H23F2N5O3/c1-13-14(2)32-27-19(13)11-26-21(30)16-5-6-25-20(10-16)29-8-7-28(22(29)31)12-15-3-4-17(23)18(24)9-15/h3-6,9-10,13-14H,7-8,11-12H2,1-2H3,(H,26,30). The van der Waals surface area contributed by atoms with Crippen molar-refractivity contribution in [2.45, 2.75) is 26.5 Å². The molecule has 1 aromatic heterocycles. The molecule has 32 heavy (non-hydrogen) atoms. The van der Waals surface area contributed by atoms with Crippen LogP contribution in [0.3, 0.4) is 0 Å². The largest absolute Gasteiger partial charge is 0.392 e. The second-order valence-electron chi connectivity index (χ2n) is 7.87. The molecular weight excluding hydrogens is 420 g/mol. The first kappa shape index (κ1) is 21.7. The molecule has 0 aliphatic carbocycles. The third kappa shape index (κ3) is 4.39. The molecule has 2 aliphatic heterocycles. The lowest BCUT2D eigenvalue weighted by Crippen LogP contribution is -2.34. The summed E-state index contributed by atoms with van der Waals surface area (Å²) in [7, 11) is 0. The predicted molar refractivity (Wildman–Crippen MR) is 113 cm³/mol. The van der Waals surface area contributed by atoms with Crippen LogP contribution in [0.15, 0.2) is 41.7 Å². The lowest BCUT2D eigenvalue weighted by Gasteiger charge is -2.18. The zero-order chi connectivity index (χ0) is 22.8. The minimum absolute atomic E-state index is 0.0232. The molecule has 0 bridgehead atoms. The van der Waals surface area contributed by atoms with Crippen LogP contribution in [0.4, 0.5) is 19.4 Å². The molecule has 0 spiro atoms. The fourth-order valence-corrected chi connectivity index (χ4v) is 3.57. The van der Waals surface area contributed by atoms with Crippen molar-refractivity contribution in [1.29, 1.82) is 0 Å².